The Morgan fingerprint density at radius 3 is 1.33 bits per heavy atom. The molecule has 0 heterocycles. The number of hydrogen-bond donors (Lipinski definition) is 2. The average molecular weight is 155 g/mol. The Hall–Kier alpha value is 0.629. The molecular formula is H5MnO4P. The molecule has 0 rings (SSSR count). The van der Waals surface area contributed by atoms with Gasteiger partial charge in [0.2, 0.25) is 0 Å². The third-order valence-corrected chi connectivity index (χ3v) is 0. The summed E-state index contributed by atoms with van der Waals surface area (Å²) in [7, 11) is -3.13. The van der Waals surface area contributed by atoms with Crippen molar-refractivity contribution in [1.29, 1.82) is 0 Å². The Labute approximate surface area is 45.9 Å². The van der Waals surface area contributed by atoms with Gasteiger partial charge in [-0.2, -0.15) is 0 Å². The minimum absolute atomic E-state index is 0. The molecule has 0 unspecified atom stereocenters. The van der Waals surface area contributed by atoms with Gasteiger partial charge >= 0.3 is 8.25 Å². The van der Waals surface area contributed by atoms with E-state index in [1.54, 1.807) is 0 Å². The normalized spacial score (nSPS) is 5.83. The van der Waals surface area contributed by atoms with Gasteiger partial charge in [0, 0.05) is 17.1 Å². The van der Waals surface area contributed by atoms with Crippen LogP contribution in [0.2, 0.25) is 0 Å². The molecule has 0 spiro atoms. The van der Waals surface area contributed by atoms with Gasteiger partial charge in [0.25, 0.3) is 0 Å². The fourth-order valence-electron chi connectivity index (χ4n) is 0. The van der Waals surface area contributed by atoms with Gasteiger partial charge in [0.1, 0.15) is 0 Å². The van der Waals surface area contributed by atoms with Crippen molar-refractivity contribution in [3.05, 3.63) is 0 Å². The summed E-state index contributed by atoms with van der Waals surface area (Å²) in [6.45, 7) is 0. The van der Waals surface area contributed by atoms with Gasteiger partial charge in [0.15, 0.2) is 0 Å². The van der Waals surface area contributed by atoms with Crippen LogP contribution in [0.5, 0.6) is 0 Å². The second kappa shape index (κ2) is 9.16. The topological polar surface area (TPSA) is 89.0 Å². The van der Waals surface area contributed by atoms with Crippen molar-refractivity contribution >= 4 is 8.25 Å². The molecule has 0 aliphatic heterocycles. The van der Waals surface area contributed by atoms with Crippen LogP contribution in [0.3, 0.4) is 0 Å². The van der Waals surface area contributed by atoms with Crippen molar-refractivity contribution in [2.24, 2.45) is 0 Å². The zero-order valence-corrected chi connectivity index (χ0v) is 4.86. The first-order valence-corrected chi connectivity index (χ1v) is 1.95. The Balaban J connectivity index is -0.0000000450. The van der Waals surface area contributed by atoms with E-state index in [0.29, 0.717) is 0 Å². The van der Waals surface area contributed by atoms with Gasteiger partial charge in [-0.25, -0.2) is 0 Å². The van der Waals surface area contributed by atoms with Crippen molar-refractivity contribution in [3.63, 3.8) is 0 Å². The molecule has 4 nitrogen and oxygen atoms in total. The Morgan fingerprint density at radius 2 is 1.33 bits per heavy atom. The van der Waals surface area contributed by atoms with Crippen LogP contribution in [0, 0.1) is 0 Å². The Kier molecular flexibility index (Phi) is 24.3. The molecule has 0 aromatic rings. The zero-order valence-electron chi connectivity index (χ0n) is 2.68. The van der Waals surface area contributed by atoms with Crippen molar-refractivity contribution in [2.75, 3.05) is 0 Å². The predicted molar refractivity (Wildman–Crippen MR) is 17.1 cm³/mol. The first-order chi connectivity index (χ1) is 1.73. The average Bonchev–Trinajstić information content (AvgIpc) is 0.811. The minimum atomic E-state index is -3.13. The van der Waals surface area contributed by atoms with Gasteiger partial charge in [-0.1, -0.05) is 0 Å². The van der Waals surface area contributed by atoms with E-state index in [1.807, 2.05) is 0 Å². The molecule has 0 saturated carbocycles. The van der Waals surface area contributed by atoms with Gasteiger partial charge < -0.3 is 15.3 Å². The molecular weight excluding hydrogens is 150 g/mol. The molecule has 1 radical (unpaired) electrons. The molecule has 0 aromatic carbocycles. The van der Waals surface area contributed by atoms with Gasteiger partial charge in [0.05, 0.1) is 0 Å². The fourth-order valence-corrected chi connectivity index (χ4v) is 0. The van der Waals surface area contributed by atoms with Gasteiger partial charge in [-0.3, -0.25) is 4.57 Å². The number of rotatable bonds is 0. The molecule has 6 heavy (non-hydrogen) atoms. The van der Waals surface area contributed by atoms with Gasteiger partial charge in [-0.05, 0) is 0 Å². The van der Waals surface area contributed by atoms with E-state index < -0.39 is 8.25 Å². The monoisotopic (exact) mass is 155 g/mol. The third-order valence-electron chi connectivity index (χ3n) is 0. The van der Waals surface area contributed by atoms with Crippen LogP contribution < -0.4 is 0 Å². The molecule has 41 valence electrons. The van der Waals surface area contributed by atoms with Crippen molar-refractivity contribution in [3.8, 4) is 0 Å². The van der Waals surface area contributed by atoms with Crippen molar-refractivity contribution in [2.45, 2.75) is 0 Å². The third kappa shape index (κ3) is 154. The molecule has 0 aliphatic rings. The van der Waals surface area contributed by atoms with Crippen LogP contribution >= 0.6 is 8.25 Å². The van der Waals surface area contributed by atoms with Crippen LogP contribution in [0.4, 0.5) is 0 Å². The zero-order chi connectivity index (χ0) is 3.58. The molecule has 0 bridgehead atoms. The summed E-state index contributed by atoms with van der Waals surface area (Å²) in [5, 5.41) is 0. The SMILES string of the molecule is O.O=[PH](O)O.[Mn]. The van der Waals surface area contributed by atoms with Gasteiger partial charge in [-0.15, -0.1) is 0 Å². The van der Waals surface area contributed by atoms with E-state index in [2.05, 4.69) is 0 Å². The van der Waals surface area contributed by atoms with E-state index in [4.69, 9.17) is 14.4 Å². The predicted octanol–water partition coefficient (Wildman–Crippen LogP) is -1.47. The molecule has 0 aliphatic carbocycles. The smallest absolute Gasteiger partial charge is 0.314 e. The van der Waals surface area contributed by atoms with E-state index in [-0.39, 0.29) is 22.5 Å². The summed E-state index contributed by atoms with van der Waals surface area (Å²) in [4.78, 5) is 14.3. The summed E-state index contributed by atoms with van der Waals surface area (Å²) in [6, 6.07) is 0. The summed E-state index contributed by atoms with van der Waals surface area (Å²) in [6.07, 6.45) is 0. The van der Waals surface area contributed by atoms with Crippen LogP contribution in [-0.2, 0) is 21.6 Å². The summed E-state index contributed by atoms with van der Waals surface area (Å²) < 4.78 is 8.74. The fraction of sp³-hybridized carbons (Fsp3) is 0. The van der Waals surface area contributed by atoms with Crippen molar-refractivity contribution in [1.82, 2.24) is 0 Å². The second-order valence-corrected chi connectivity index (χ2v) is 0.848. The molecule has 0 amide bonds. The maximum Gasteiger partial charge on any atom is 0.314 e. The Morgan fingerprint density at radius 1 is 1.33 bits per heavy atom. The van der Waals surface area contributed by atoms with E-state index in [0.717, 1.165) is 0 Å². The first-order valence-electron chi connectivity index (χ1n) is 0.651. The quantitative estimate of drug-likeness (QED) is 0.330. The summed E-state index contributed by atoms with van der Waals surface area (Å²) in [5.41, 5.74) is 0. The van der Waals surface area contributed by atoms with Crippen LogP contribution in [0.25, 0.3) is 0 Å². The molecule has 0 aromatic heterocycles. The summed E-state index contributed by atoms with van der Waals surface area (Å²) in [5.74, 6) is 0. The van der Waals surface area contributed by atoms with Crippen molar-refractivity contribution < 1.29 is 36.9 Å². The first kappa shape index (κ1) is 15.9. The van der Waals surface area contributed by atoms with E-state index in [9.17, 15) is 0 Å². The number of hydrogen-bond acceptors (Lipinski definition) is 1. The standard InChI is InChI=1S/Mn.H3O3P.H2O/c;1-4(2)3;/h;4H,(H2,1,2,3);1H2. The molecule has 0 fully saturated rings. The second-order valence-electron chi connectivity index (χ2n) is 0.283. The maximum absolute atomic E-state index is 8.74. The minimum Gasteiger partial charge on any atom is -0.412 e. The summed E-state index contributed by atoms with van der Waals surface area (Å²) >= 11 is 0. The van der Waals surface area contributed by atoms with E-state index in [1.165, 1.54) is 0 Å². The van der Waals surface area contributed by atoms with Crippen LogP contribution in [-0.4, -0.2) is 15.3 Å². The molecule has 4 N–H and O–H groups in total. The van der Waals surface area contributed by atoms with Crippen LogP contribution in [0.15, 0.2) is 0 Å². The maximum atomic E-state index is 8.74. The molecule has 0 saturated heterocycles. The molecule has 0 atom stereocenters. The van der Waals surface area contributed by atoms with E-state index >= 15 is 0 Å². The Bertz CT molecular complexity index is 30.5. The largest absolute Gasteiger partial charge is 0.412 e. The molecule has 6 heteroatoms. The van der Waals surface area contributed by atoms with Crippen LogP contribution in [0.1, 0.15) is 0 Å².